The highest BCUT2D eigenvalue weighted by Crippen LogP contribution is 2.24. The predicted octanol–water partition coefficient (Wildman–Crippen LogP) is 1.04. The van der Waals surface area contributed by atoms with Crippen molar-refractivity contribution in [2.45, 2.75) is 0 Å². The minimum absolute atomic E-state index is 0.135. The fourth-order valence-corrected chi connectivity index (χ4v) is 2.71. The lowest BCUT2D eigenvalue weighted by atomic mass is 10.1. The Balaban J connectivity index is 1.95. The lowest BCUT2D eigenvalue weighted by Gasteiger charge is -2.08. The van der Waals surface area contributed by atoms with Gasteiger partial charge in [0, 0.05) is 12.4 Å². The molecule has 0 bridgehead atoms. The number of benzene rings is 1. The Labute approximate surface area is 152 Å². The Bertz CT molecular complexity index is 1130. The third-order valence-electron chi connectivity index (χ3n) is 4.04. The van der Waals surface area contributed by atoms with Gasteiger partial charge in [-0.25, -0.2) is 9.89 Å². The van der Waals surface area contributed by atoms with E-state index in [2.05, 4.69) is 20.3 Å². The highest BCUT2D eigenvalue weighted by molar-refractivity contribution is 5.96. The van der Waals surface area contributed by atoms with E-state index in [9.17, 15) is 9.59 Å². The van der Waals surface area contributed by atoms with E-state index in [-0.39, 0.29) is 22.4 Å². The van der Waals surface area contributed by atoms with Gasteiger partial charge in [-0.15, -0.1) is 0 Å². The maximum Gasteiger partial charge on any atom is 0.341 e. The molecule has 10 nitrogen and oxygen atoms in total. The lowest BCUT2D eigenvalue weighted by molar-refractivity contribution is 0.0600. The van der Waals surface area contributed by atoms with Crippen LogP contribution in [-0.2, 0) is 4.74 Å². The van der Waals surface area contributed by atoms with E-state index in [0.717, 1.165) is 0 Å². The number of nitrogens with zero attached hydrogens (tertiary/aromatic N) is 5. The van der Waals surface area contributed by atoms with E-state index in [1.54, 1.807) is 31.4 Å². The second kappa shape index (κ2) is 6.41. The normalized spacial score (nSPS) is 10.9. The van der Waals surface area contributed by atoms with E-state index in [1.807, 2.05) is 0 Å². The van der Waals surface area contributed by atoms with Gasteiger partial charge in [0.05, 0.1) is 25.5 Å². The van der Waals surface area contributed by atoms with Crippen molar-refractivity contribution in [2.75, 3.05) is 14.2 Å². The topological polar surface area (TPSA) is 117 Å². The predicted molar refractivity (Wildman–Crippen MR) is 93.6 cm³/mol. The first-order valence-electron chi connectivity index (χ1n) is 7.86. The fourth-order valence-electron chi connectivity index (χ4n) is 2.71. The van der Waals surface area contributed by atoms with Crippen LogP contribution >= 0.6 is 0 Å². The molecule has 0 saturated carbocycles. The average Bonchev–Trinajstić information content (AvgIpc) is 3.35. The number of esters is 1. The quantitative estimate of drug-likeness (QED) is 0.536. The molecule has 27 heavy (non-hydrogen) atoms. The van der Waals surface area contributed by atoms with E-state index >= 15 is 0 Å². The molecule has 1 aromatic carbocycles. The van der Waals surface area contributed by atoms with Crippen LogP contribution in [0.2, 0.25) is 0 Å². The molecule has 2 aromatic rings. The molecule has 0 unspecified atom stereocenters. The summed E-state index contributed by atoms with van der Waals surface area (Å²) >= 11 is 0. The van der Waals surface area contributed by atoms with Gasteiger partial charge in [0.15, 0.2) is 0 Å². The molecule has 2 aliphatic heterocycles. The second-order valence-electron chi connectivity index (χ2n) is 5.56. The van der Waals surface area contributed by atoms with Crippen LogP contribution in [0.25, 0.3) is 22.9 Å². The number of hydrogen-bond donors (Lipinski definition) is 1. The van der Waals surface area contributed by atoms with Gasteiger partial charge in [-0.2, -0.15) is 19.9 Å². The van der Waals surface area contributed by atoms with Crippen LogP contribution in [0.15, 0.2) is 47.8 Å². The van der Waals surface area contributed by atoms with Gasteiger partial charge in [-0.05, 0) is 24.3 Å². The van der Waals surface area contributed by atoms with Gasteiger partial charge in [0.2, 0.25) is 5.95 Å². The summed E-state index contributed by atoms with van der Waals surface area (Å²) < 4.78 is 12.7. The number of carbonyl (C=O) groups is 1. The molecule has 136 valence electrons. The number of aromatic amines is 1. The maximum atomic E-state index is 12.9. The number of ether oxygens (including phenoxy) is 2. The molecule has 0 aliphatic carbocycles. The number of rotatable bonds is 4. The van der Waals surface area contributed by atoms with Crippen molar-refractivity contribution >= 4 is 5.97 Å². The van der Waals surface area contributed by atoms with Crippen molar-refractivity contribution in [3.05, 3.63) is 58.9 Å². The zero-order valence-electron chi connectivity index (χ0n) is 14.4. The molecule has 3 heterocycles. The van der Waals surface area contributed by atoms with Crippen LogP contribution in [0, 0.1) is 0 Å². The summed E-state index contributed by atoms with van der Waals surface area (Å²) in [5.41, 5.74) is 0.771. The van der Waals surface area contributed by atoms with Gasteiger partial charge < -0.3 is 9.47 Å². The molecule has 1 aromatic heterocycles. The number of pyridine rings is 1. The van der Waals surface area contributed by atoms with Crippen molar-refractivity contribution < 1.29 is 14.3 Å². The standard InChI is InChI=1S/C17H14N6O4/c1-26-11-5-3-10(4-6-11)23-15(24)12-7-22(17-18-9-19-20-17)8-13(14(12)21-23)16(25)27-2/h3-9H,1-2H3,(H,18,19,20). The van der Waals surface area contributed by atoms with Gasteiger partial charge in [-0.1, -0.05) is 0 Å². The Kier molecular flexibility index (Phi) is 3.92. The molecule has 0 saturated heterocycles. The average molecular weight is 366 g/mol. The zero-order chi connectivity index (χ0) is 19.0. The Morgan fingerprint density at radius 3 is 2.56 bits per heavy atom. The van der Waals surface area contributed by atoms with Gasteiger partial charge in [0.1, 0.15) is 23.3 Å². The van der Waals surface area contributed by atoms with Crippen molar-refractivity contribution in [1.82, 2.24) is 29.5 Å². The molecule has 0 fully saturated rings. The molecular formula is C17H14N6O4. The van der Waals surface area contributed by atoms with Crippen molar-refractivity contribution in [2.24, 2.45) is 0 Å². The number of carbonyl (C=O) groups excluding carboxylic acids is 1. The highest BCUT2D eigenvalue weighted by atomic mass is 16.5. The monoisotopic (exact) mass is 366 g/mol. The number of nitrogens with one attached hydrogen (secondary N) is 1. The first-order chi connectivity index (χ1) is 13.1. The van der Waals surface area contributed by atoms with Crippen LogP contribution in [-0.4, -0.2) is 49.7 Å². The van der Waals surface area contributed by atoms with E-state index < -0.39 is 5.97 Å². The van der Waals surface area contributed by atoms with E-state index in [1.165, 1.54) is 35.1 Å². The SMILES string of the molecule is COC(=O)c1cn(-c2ncn[nH]2)cc2c(=O)n(-c3ccc(OC)cc3)nc1-2. The second-order valence-corrected chi connectivity index (χ2v) is 5.56. The number of hydrogen-bond acceptors (Lipinski definition) is 7. The molecule has 0 atom stereocenters. The lowest BCUT2D eigenvalue weighted by Crippen LogP contribution is -2.15. The minimum atomic E-state index is -0.617. The van der Waals surface area contributed by atoms with Crippen molar-refractivity contribution in [3.63, 3.8) is 0 Å². The molecule has 10 heteroatoms. The molecule has 0 amide bonds. The van der Waals surface area contributed by atoms with Gasteiger partial charge >= 0.3 is 5.97 Å². The highest BCUT2D eigenvalue weighted by Gasteiger charge is 2.25. The number of aromatic nitrogens is 6. The minimum Gasteiger partial charge on any atom is -0.497 e. The summed E-state index contributed by atoms with van der Waals surface area (Å²) in [7, 11) is 2.82. The summed E-state index contributed by atoms with van der Waals surface area (Å²) in [6, 6.07) is 6.84. The Hall–Kier alpha value is -3.95. The number of H-pyrrole nitrogens is 1. The first-order valence-corrected chi connectivity index (χ1v) is 7.86. The van der Waals surface area contributed by atoms with Crippen LogP contribution in [0.3, 0.4) is 0 Å². The van der Waals surface area contributed by atoms with Crippen LogP contribution in [0.5, 0.6) is 5.75 Å². The summed E-state index contributed by atoms with van der Waals surface area (Å²) in [6.07, 6.45) is 4.35. The van der Waals surface area contributed by atoms with Crippen LogP contribution in [0.1, 0.15) is 10.4 Å². The smallest absolute Gasteiger partial charge is 0.341 e. The third kappa shape index (κ3) is 2.72. The van der Waals surface area contributed by atoms with Crippen LogP contribution < -0.4 is 10.3 Å². The Morgan fingerprint density at radius 1 is 1.15 bits per heavy atom. The first kappa shape index (κ1) is 16.5. The summed E-state index contributed by atoms with van der Waals surface area (Å²) in [5, 5.41) is 10.8. The molecule has 0 spiro atoms. The molecule has 2 aliphatic rings. The summed E-state index contributed by atoms with van der Waals surface area (Å²) in [6.45, 7) is 0. The van der Waals surface area contributed by atoms with Crippen molar-refractivity contribution in [3.8, 4) is 28.6 Å². The zero-order valence-corrected chi connectivity index (χ0v) is 14.4. The Morgan fingerprint density at radius 2 is 1.93 bits per heavy atom. The number of methoxy groups -OCH3 is 2. The van der Waals surface area contributed by atoms with Gasteiger partial charge in [-0.3, -0.25) is 9.36 Å². The third-order valence-corrected chi connectivity index (χ3v) is 4.04. The molecular weight excluding hydrogens is 352 g/mol. The fraction of sp³-hybridized carbons (Fsp3) is 0.118. The number of fused-ring (bicyclic) bond motifs is 1. The van der Waals surface area contributed by atoms with Gasteiger partial charge in [0.25, 0.3) is 5.56 Å². The van der Waals surface area contributed by atoms with E-state index in [4.69, 9.17) is 9.47 Å². The summed E-state index contributed by atoms with van der Waals surface area (Å²) in [4.78, 5) is 29.2. The molecule has 1 N–H and O–H groups in total. The molecule has 4 rings (SSSR count). The molecule has 0 radical (unpaired) electrons. The summed E-state index contributed by atoms with van der Waals surface area (Å²) in [5.74, 6) is 0.383. The van der Waals surface area contributed by atoms with Crippen LogP contribution in [0.4, 0.5) is 0 Å². The van der Waals surface area contributed by atoms with E-state index in [0.29, 0.717) is 17.4 Å². The largest absolute Gasteiger partial charge is 0.497 e. The van der Waals surface area contributed by atoms with Crippen molar-refractivity contribution in [1.29, 1.82) is 0 Å². The maximum absolute atomic E-state index is 12.9.